The minimum absolute atomic E-state index is 0.0328. The van der Waals surface area contributed by atoms with Gasteiger partial charge >= 0.3 is 5.97 Å². The van der Waals surface area contributed by atoms with Crippen molar-refractivity contribution < 1.29 is 15.0 Å². The molecule has 128 valence electrons. The average molecular weight is 334 g/mol. The maximum atomic E-state index is 10.2. The molecule has 3 rings (SSSR count). The summed E-state index contributed by atoms with van der Waals surface area (Å²) >= 11 is 0. The number of benzene rings is 3. The van der Waals surface area contributed by atoms with Crippen molar-refractivity contribution in [3.63, 3.8) is 0 Å². The van der Waals surface area contributed by atoms with E-state index in [0.29, 0.717) is 11.3 Å². The van der Waals surface area contributed by atoms with Crippen LogP contribution in [0, 0.1) is 0 Å². The summed E-state index contributed by atoms with van der Waals surface area (Å²) in [5.41, 5.74) is 2.78. The summed E-state index contributed by atoms with van der Waals surface area (Å²) in [4.78, 5) is 10.2. The highest BCUT2D eigenvalue weighted by Crippen LogP contribution is 2.31. The van der Waals surface area contributed by atoms with E-state index in [-0.39, 0.29) is 5.41 Å². The molecular formula is C22H22O3. The Labute approximate surface area is 148 Å². The number of carboxylic acid groups (broad SMARTS) is 1. The van der Waals surface area contributed by atoms with Crippen molar-refractivity contribution in [1.82, 2.24) is 0 Å². The topological polar surface area (TPSA) is 57.5 Å². The van der Waals surface area contributed by atoms with Crippen LogP contribution in [0.15, 0.2) is 84.9 Å². The Balaban J connectivity index is 0.000000212. The van der Waals surface area contributed by atoms with Gasteiger partial charge in [-0.3, -0.25) is 0 Å². The highest BCUT2D eigenvalue weighted by atomic mass is 16.4. The number of phenols is 1. The molecule has 0 unspecified atom stereocenters. The van der Waals surface area contributed by atoms with E-state index in [1.807, 2.05) is 18.2 Å². The fourth-order valence-electron chi connectivity index (χ4n) is 2.48. The number of aromatic hydroxyl groups is 1. The monoisotopic (exact) mass is 334 g/mol. The predicted molar refractivity (Wildman–Crippen MR) is 100 cm³/mol. The van der Waals surface area contributed by atoms with Crippen LogP contribution >= 0.6 is 0 Å². The molecule has 0 aromatic heterocycles. The third kappa shape index (κ3) is 4.95. The molecule has 0 atom stereocenters. The van der Waals surface area contributed by atoms with Gasteiger partial charge in [0, 0.05) is 5.41 Å². The Morgan fingerprint density at radius 2 is 1.16 bits per heavy atom. The lowest BCUT2D eigenvalue weighted by Crippen LogP contribution is -2.18. The summed E-state index contributed by atoms with van der Waals surface area (Å²) in [6.45, 7) is 4.38. The summed E-state index contributed by atoms with van der Waals surface area (Å²) in [6, 6.07) is 26.1. The van der Waals surface area contributed by atoms with Crippen molar-refractivity contribution >= 4 is 5.97 Å². The van der Waals surface area contributed by atoms with Crippen LogP contribution in [0.5, 0.6) is 5.75 Å². The molecular weight excluding hydrogens is 312 g/mol. The van der Waals surface area contributed by atoms with Crippen LogP contribution < -0.4 is 0 Å². The van der Waals surface area contributed by atoms with Gasteiger partial charge in [0.15, 0.2) is 0 Å². The molecule has 25 heavy (non-hydrogen) atoms. The van der Waals surface area contributed by atoms with E-state index in [1.54, 1.807) is 42.5 Å². The molecule has 0 spiro atoms. The molecule has 3 nitrogen and oxygen atoms in total. The first kappa shape index (κ1) is 18.3. The summed E-state index contributed by atoms with van der Waals surface area (Å²) in [6.07, 6.45) is 0. The second-order valence-electron chi connectivity index (χ2n) is 6.21. The second kappa shape index (κ2) is 8.15. The summed E-state index contributed by atoms with van der Waals surface area (Å²) in [5.74, 6) is -0.566. The van der Waals surface area contributed by atoms with Gasteiger partial charge in [-0.25, -0.2) is 4.79 Å². The fraction of sp³-hybridized carbons (Fsp3) is 0.136. The standard InChI is InChI=1S/C15H16O.C7H6O2/c1-15(2,12-6-4-3-5-7-12)13-8-10-14(16)11-9-13;8-7(9)6-4-2-1-3-5-6/h3-11,16H,1-2H3;1-5H,(H,8,9). The van der Waals surface area contributed by atoms with Crippen LogP contribution in [0.25, 0.3) is 0 Å². The van der Waals surface area contributed by atoms with E-state index in [1.165, 1.54) is 11.1 Å². The molecule has 0 bridgehead atoms. The zero-order chi connectivity index (χ0) is 18.3. The van der Waals surface area contributed by atoms with E-state index in [0.717, 1.165) is 0 Å². The van der Waals surface area contributed by atoms with Crippen LogP contribution in [0.3, 0.4) is 0 Å². The molecule has 0 aliphatic heterocycles. The highest BCUT2D eigenvalue weighted by Gasteiger charge is 2.22. The molecule has 3 aromatic carbocycles. The summed E-state index contributed by atoms with van der Waals surface area (Å²) in [7, 11) is 0. The molecule has 0 aliphatic carbocycles. The Kier molecular flexibility index (Phi) is 5.96. The van der Waals surface area contributed by atoms with Crippen LogP contribution in [0.2, 0.25) is 0 Å². The first-order valence-electron chi connectivity index (χ1n) is 8.04. The minimum Gasteiger partial charge on any atom is -0.508 e. The van der Waals surface area contributed by atoms with Crippen LogP contribution in [0.4, 0.5) is 0 Å². The van der Waals surface area contributed by atoms with Crippen molar-refractivity contribution in [3.8, 4) is 5.75 Å². The van der Waals surface area contributed by atoms with E-state index >= 15 is 0 Å². The van der Waals surface area contributed by atoms with Gasteiger partial charge < -0.3 is 10.2 Å². The Bertz CT molecular complexity index is 792. The van der Waals surface area contributed by atoms with Crippen LogP contribution in [0.1, 0.15) is 35.3 Å². The molecule has 0 saturated heterocycles. The molecule has 0 radical (unpaired) electrons. The molecule has 0 saturated carbocycles. The largest absolute Gasteiger partial charge is 0.508 e. The molecule has 0 aliphatic rings. The van der Waals surface area contributed by atoms with Crippen LogP contribution in [-0.4, -0.2) is 16.2 Å². The lowest BCUT2D eigenvalue weighted by atomic mass is 9.78. The number of carbonyl (C=O) groups is 1. The first-order chi connectivity index (χ1) is 11.9. The van der Waals surface area contributed by atoms with E-state index < -0.39 is 5.97 Å². The highest BCUT2D eigenvalue weighted by molar-refractivity contribution is 5.87. The molecule has 0 heterocycles. The van der Waals surface area contributed by atoms with Gasteiger partial charge in [0.05, 0.1) is 5.56 Å². The Morgan fingerprint density at radius 3 is 1.60 bits per heavy atom. The van der Waals surface area contributed by atoms with Crippen molar-refractivity contribution in [3.05, 3.63) is 102 Å². The zero-order valence-electron chi connectivity index (χ0n) is 14.4. The molecule has 0 amide bonds. The van der Waals surface area contributed by atoms with Gasteiger partial charge in [0.2, 0.25) is 0 Å². The lowest BCUT2D eigenvalue weighted by molar-refractivity contribution is 0.0697. The second-order valence-corrected chi connectivity index (χ2v) is 6.21. The average Bonchev–Trinajstić information content (AvgIpc) is 2.64. The van der Waals surface area contributed by atoms with Gasteiger partial charge in [-0.1, -0.05) is 74.5 Å². The molecule has 3 aromatic rings. The van der Waals surface area contributed by atoms with Gasteiger partial charge in [0.25, 0.3) is 0 Å². The minimum atomic E-state index is -0.879. The zero-order valence-corrected chi connectivity index (χ0v) is 14.4. The first-order valence-corrected chi connectivity index (χ1v) is 8.04. The SMILES string of the molecule is CC(C)(c1ccccc1)c1ccc(O)cc1.O=C(O)c1ccccc1. The van der Waals surface area contributed by atoms with E-state index in [4.69, 9.17) is 5.11 Å². The van der Waals surface area contributed by atoms with Crippen molar-refractivity contribution in [1.29, 1.82) is 0 Å². The quantitative estimate of drug-likeness (QED) is 0.700. The number of rotatable bonds is 3. The maximum absolute atomic E-state index is 10.2. The number of hydrogen-bond donors (Lipinski definition) is 2. The van der Waals surface area contributed by atoms with Gasteiger partial charge in [-0.2, -0.15) is 0 Å². The van der Waals surface area contributed by atoms with Crippen molar-refractivity contribution in [2.24, 2.45) is 0 Å². The summed E-state index contributed by atoms with van der Waals surface area (Å²) in [5, 5.41) is 17.7. The Morgan fingerprint density at radius 1 is 0.720 bits per heavy atom. The number of hydrogen-bond acceptors (Lipinski definition) is 2. The molecule has 3 heteroatoms. The normalized spacial score (nSPS) is 10.5. The Hall–Kier alpha value is -3.07. The van der Waals surface area contributed by atoms with Crippen molar-refractivity contribution in [2.75, 3.05) is 0 Å². The van der Waals surface area contributed by atoms with Gasteiger partial charge in [-0.15, -0.1) is 0 Å². The van der Waals surface area contributed by atoms with E-state index in [9.17, 15) is 9.90 Å². The number of aromatic carboxylic acids is 1. The van der Waals surface area contributed by atoms with Crippen molar-refractivity contribution in [2.45, 2.75) is 19.3 Å². The summed E-state index contributed by atoms with van der Waals surface area (Å²) < 4.78 is 0. The smallest absolute Gasteiger partial charge is 0.335 e. The fourth-order valence-corrected chi connectivity index (χ4v) is 2.48. The van der Waals surface area contributed by atoms with Crippen LogP contribution in [-0.2, 0) is 5.41 Å². The third-order valence-electron chi connectivity index (χ3n) is 4.11. The molecule has 0 fully saturated rings. The lowest BCUT2D eigenvalue weighted by Gasteiger charge is -2.26. The van der Waals surface area contributed by atoms with Gasteiger partial charge in [0.1, 0.15) is 5.75 Å². The van der Waals surface area contributed by atoms with Gasteiger partial charge in [-0.05, 0) is 35.4 Å². The third-order valence-corrected chi connectivity index (χ3v) is 4.11. The predicted octanol–water partition coefficient (Wildman–Crippen LogP) is 5.10. The number of phenolic OH excluding ortho intramolecular Hbond substituents is 1. The molecule has 2 N–H and O–H groups in total. The van der Waals surface area contributed by atoms with E-state index in [2.05, 4.69) is 38.1 Å². The number of carboxylic acids is 1. The maximum Gasteiger partial charge on any atom is 0.335 e.